The van der Waals surface area contributed by atoms with Crippen molar-refractivity contribution in [3.8, 4) is 11.9 Å². The zero-order valence-corrected chi connectivity index (χ0v) is 14.3. The molecule has 25 heavy (non-hydrogen) atoms. The summed E-state index contributed by atoms with van der Waals surface area (Å²) < 4.78 is 1.21. The van der Waals surface area contributed by atoms with Crippen molar-refractivity contribution in [3.05, 3.63) is 75.1 Å². The molecule has 0 saturated carbocycles. The minimum atomic E-state index is -0.467. The second-order valence-corrected chi connectivity index (χ2v) is 6.35. The molecular formula is C20H21N3O2. The van der Waals surface area contributed by atoms with Crippen molar-refractivity contribution in [3.63, 3.8) is 0 Å². The first-order valence-corrected chi connectivity index (χ1v) is 8.32. The molecule has 0 unspecified atom stereocenters. The Balaban J connectivity index is 1.98. The Bertz CT molecular complexity index is 922. The molecule has 5 nitrogen and oxygen atoms in total. The van der Waals surface area contributed by atoms with Gasteiger partial charge in [-0.3, -0.25) is 14.3 Å². The number of hydrogen-bond donors (Lipinski definition) is 1. The van der Waals surface area contributed by atoms with E-state index < -0.39 is 5.56 Å². The minimum absolute atomic E-state index is 0.0692. The van der Waals surface area contributed by atoms with Gasteiger partial charge in [0.1, 0.15) is 11.6 Å². The van der Waals surface area contributed by atoms with Crippen LogP contribution in [0.3, 0.4) is 0 Å². The van der Waals surface area contributed by atoms with Gasteiger partial charge < -0.3 is 5.11 Å². The second-order valence-electron chi connectivity index (χ2n) is 6.35. The standard InChI is InChI=1S/C20H21N3O2/c1-3-9-23-19(24)17(11-21)14(2)18(20(23)25)13-22-10-8-15-6-4-5-7-16(15)12-22/h3-7,25H,1,8-10,12-13H2,2H3. The molecule has 0 amide bonds. The zero-order valence-electron chi connectivity index (χ0n) is 14.3. The molecule has 0 aliphatic carbocycles. The number of hydrogen-bond acceptors (Lipinski definition) is 4. The first kappa shape index (κ1) is 17.0. The molecule has 5 heteroatoms. The van der Waals surface area contributed by atoms with Gasteiger partial charge in [0.15, 0.2) is 5.88 Å². The number of allylic oxidation sites excluding steroid dienone is 1. The van der Waals surface area contributed by atoms with E-state index in [4.69, 9.17) is 0 Å². The van der Waals surface area contributed by atoms with Gasteiger partial charge in [0.2, 0.25) is 0 Å². The number of aromatic nitrogens is 1. The van der Waals surface area contributed by atoms with Crippen molar-refractivity contribution in [2.24, 2.45) is 0 Å². The molecule has 0 radical (unpaired) electrons. The lowest BCUT2D eigenvalue weighted by atomic mass is 9.98. The molecule has 1 aromatic heterocycles. The maximum Gasteiger partial charge on any atom is 0.271 e. The van der Waals surface area contributed by atoms with E-state index in [1.807, 2.05) is 12.1 Å². The molecule has 1 aliphatic heterocycles. The van der Waals surface area contributed by atoms with Crippen LogP contribution in [0.15, 0.2) is 41.7 Å². The highest BCUT2D eigenvalue weighted by atomic mass is 16.3. The number of fused-ring (bicyclic) bond motifs is 1. The molecule has 0 atom stereocenters. The van der Waals surface area contributed by atoms with Gasteiger partial charge in [-0.05, 0) is 30.0 Å². The summed E-state index contributed by atoms with van der Waals surface area (Å²) in [6, 6.07) is 10.3. The lowest BCUT2D eigenvalue weighted by Gasteiger charge is -2.29. The van der Waals surface area contributed by atoms with Crippen molar-refractivity contribution in [2.45, 2.75) is 33.0 Å². The number of pyridine rings is 1. The number of rotatable bonds is 4. The molecule has 128 valence electrons. The van der Waals surface area contributed by atoms with E-state index >= 15 is 0 Å². The highest BCUT2D eigenvalue weighted by Crippen LogP contribution is 2.26. The van der Waals surface area contributed by atoms with Crippen LogP contribution in [0.4, 0.5) is 0 Å². The van der Waals surface area contributed by atoms with E-state index in [2.05, 4.69) is 29.7 Å². The Morgan fingerprint density at radius 1 is 1.36 bits per heavy atom. The Morgan fingerprint density at radius 2 is 2.08 bits per heavy atom. The Kier molecular flexibility index (Phi) is 4.73. The van der Waals surface area contributed by atoms with Crippen LogP contribution in [0.2, 0.25) is 0 Å². The maximum absolute atomic E-state index is 12.4. The molecule has 0 saturated heterocycles. The van der Waals surface area contributed by atoms with E-state index in [0.29, 0.717) is 17.7 Å². The first-order valence-electron chi connectivity index (χ1n) is 8.32. The summed E-state index contributed by atoms with van der Waals surface area (Å²) in [6.45, 7) is 7.69. The van der Waals surface area contributed by atoms with Crippen LogP contribution in [0, 0.1) is 18.3 Å². The van der Waals surface area contributed by atoms with Gasteiger partial charge in [-0.1, -0.05) is 30.3 Å². The van der Waals surface area contributed by atoms with Crippen molar-refractivity contribution in [2.75, 3.05) is 6.54 Å². The summed E-state index contributed by atoms with van der Waals surface area (Å²) in [5.41, 5.74) is 3.46. The van der Waals surface area contributed by atoms with Crippen LogP contribution in [-0.4, -0.2) is 21.1 Å². The van der Waals surface area contributed by atoms with Crippen LogP contribution in [-0.2, 0) is 26.1 Å². The molecule has 0 spiro atoms. The van der Waals surface area contributed by atoms with Crippen molar-refractivity contribution >= 4 is 0 Å². The smallest absolute Gasteiger partial charge is 0.271 e. The van der Waals surface area contributed by atoms with E-state index in [-0.39, 0.29) is 18.0 Å². The van der Waals surface area contributed by atoms with Crippen LogP contribution >= 0.6 is 0 Å². The van der Waals surface area contributed by atoms with Crippen LogP contribution in [0.5, 0.6) is 5.88 Å². The molecule has 1 aliphatic rings. The quantitative estimate of drug-likeness (QED) is 0.872. The SMILES string of the molecule is C=CCn1c(O)c(CN2CCc3ccccc3C2)c(C)c(C#N)c1=O. The van der Waals surface area contributed by atoms with Gasteiger partial charge in [0.05, 0.1) is 0 Å². The summed E-state index contributed by atoms with van der Waals surface area (Å²) >= 11 is 0. The zero-order chi connectivity index (χ0) is 18.0. The lowest BCUT2D eigenvalue weighted by molar-refractivity contribution is 0.239. The molecule has 1 aromatic carbocycles. The number of benzene rings is 1. The third kappa shape index (κ3) is 3.09. The van der Waals surface area contributed by atoms with Crippen LogP contribution < -0.4 is 5.56 Å². The molecular weight excluding hydrogens is 314 g/mol. The number of aromatic hydroxyl groups is 1. The minimum Gasteiger partial charge on any atom is -0.494 e. The van der Waals surface area contributed by atoms with Crippen molar-refractivity contribution in [1.82, 2.24) is 9.47 Å². The Labute approximate surface area is 147 Å². The van der Waals surface area contributed by atoms with Gasteiger partial charge >= 0.3 is 0 Å². The van der Waals surface area contributed by atoms with Gasteiger partial charge in [0.25, 0.3) is 5.56 Å². The molecule has 3 rings (SSSR count). The van der Waals surface area contributed by atoms with E-state index in [0.717, 1.165) is 19.5 Å². The van der Waals surface area contributed by atoms with Gasteiger partial charge in [-0.2, -0.15) is 5.26 Å². The largest absolute Gasteiger partial charge is 0.494 e. The molecule has 2 aromatic rings. The van der Waals surface area contributed by atoms with Gasteiger partial charge in [-0.25, -0.2) is 0 Å². The van der Waals surface area contributed by atoms with Crippen molar-refractivity contribution in [1.29, 1.82) is 5.26 Å². The highest BCUT2D eigenvalue weighted by Gasteiger charge is 2.22. The number of nitrogens with zero attached hydrogens (tertiary/aromatic N) is 3. The van der Waals surface area contributed by atoms with E-state index in [9.17, 15) is 15.2 Å². The van der Waals surface area contributed by atoms with Crippen LogP contribution in [0.25, 0.3) is 0 Å². The Hall–Kier alpha value is -2.84. The Morgan fingerprint density at radius 3 is 2.76 bits per heavy atom. The fourth-order valence-corrected chi connectivity index (χ4v) is 3.41. The predicted octanol–water partition coefficient (Wildman–Crippen LogP) is 2.48. The molecule has 0 fully saturated rings. The highest BCUT2D eigenvalue weighted by molar-refractivity contribution is 5.45. The molecule has 0 bridgehead atoms. The third-order valence-electron chi connectivity index (χ3n) is 4.83. The third-order valence-corrected chi connectivity index (χ3v) is 4.83. The average molecular weight is 335 g/mol. The summed E-state index contributed by atoms with van der Waals surface area (Å²) in [5.74, 6) is -0.0692. The van der Waals surface area contributed by atoms with Gasteiger partial charge in [0, 0.05) is 31.7 Å². The van der Waals surface area contributed by atoms with Crippen molar-refractivity contribution < 1.29 is 5.11 Å². The van der Waals surface area contributed by atoms with E-state index in [1.165, 1.54) is 15.7 Å². The monoisotopic (exact) mass is 335 g/mol. The summed E-state index contributed by atoms with van der Waals surface area (Å²) in [4.78, 5) is 14.6. The molecule has 1 N–H and O–H groups in total. The van der Waals surface area contributed by atoms with Gasteiger partial charge in [-0.15, -0.1) is 6.58 Å². The maximum atomic E-state index is 12.4. The number of nitriles is 1. The average Bonchev–Trinajstić information content (AvgIpc) is 2.62. The normalized spacial score (nSPS) is 13.9. The predicted molar refractivity (Wildman–Crippen MR) is 96.3 cm³/mol. The fraction of sp³-hybridized carbons (Fsp3) is 0.300. The molecule has 2 heterocycles. The topological polar surface area (TPSA) is 69.3 Å². The van der Waals surface area contributed by atoms with E-state index in [1.54, 1.807) is 13.0 Å². The summed E-state index contributed by atoms with van der Waals surface area (Å²) in [5, 5.41) is 20.0. The summed E-state index contributed by atoms with van der Waals surface area (Å²) in [7, 11) is 0. The van der Waals surface area contributed by atoms with Crippen LogP contribution in [0.1, 0.15) is 27.8 Å². The summed E-state index contributed by atoms with van der Waals surface area (Å²) in [6.07, 6.45) is 2.49. The second kappa shape index (κ2) is 6.96. The fourth-order valence-electron chi connectivity index (χ4n) is 3.41. The first-order chi connectivity index (χ1) is 12.1. The lowest BCUT2D eigenvalue weighted by Crippen LogP contribution is -2.32.